The van der Waals surface area contributed by atoms with Crippen molar-refractivity contribution in [1.82, 2.24) is 9.97 Å². The van der Waals surface area contributed by atoms with Crippen LogP contribution in [0.2, 0.25) is 0 Å². The fraction of sp³-hybridized carbons (Fsp3) is 0.733. The first-order chi connectivity index (χ1) is 9.80. The topological polar surface area (TPSA) is 49.8 Å². The van der Waals surface area contributed by atoms with Crippen molar-refractivity contribution in [2.45, 2.75) is 56.2 Å². The summed E-state index contributed by atoms with van der Waals surface area (Å²) in [4.78, 5) is 9.37. The standard InChI is InChI=1S/C15H24N4S/c1-3-16-13-9-14(19-15(18-13)10-7-8-10)17-11-5-4-6-12(11)20-2/h9-12H,3-8H2,1-2H3,(H2,16,17,18,19). The molecule has 2 unspecified atom stereocenters. The van der Waals surface area contributed by atoms with Crippen LogP contribution < -0.4 is 10.6 Å². The molecule has 1 aromatic rings. The lowest BCUT2D eigenvalue weighted by molar-refractivity contribution is 0.759. The van der Waals surface area contributed by atoms with E-state index < -0.39 is 0 Å². The molecule has 0 amide bonds. The minimum atomic E-state index is 0.557. The molecular weight excluding hydrogens is 268 g/mol. The number of rotatable bonds is 6. The van der Waals surface area contributed by atoms with Gasteiger partial charge in [-0.1, -0.05) is 6.42 Å². The number of thioether (sulfide) groups is 1. The molecule has 2 atom stereocenters. The molecule has 110 valence electrons. The summed E-state index contributed by atoms with van der Waals surface area (Å²) in [5.74, 6) is 3.58. The van der Waals surface area contributed by atoms with Gasteiger partial charge in [0.1, 0.15) is 17.5 Å². The van der Waals surface area contributed by atoms with Crippen molar-refractivity contribution in [2.75, 3.05) is 23.4 Å². The SMILES string of the molecule is CCNc1cc(NC2CCCC2SC)nc(C2CC2)n1. The smallest absolute Gasteiger partial charge is 0.136 e. The summed E-state index contributed by atoms with van der Waals surface area (Å²) in [6.07, 6.45) is 8.59. The number of aromatic nitrogens is 2. The predicted octanol–water partition coefficient (Wildman–Crippen LogP) is 3.48. The summed E-state index contributed by atoms with van der Waals surface area (Å²) in [7, 11) is 0. The van der Waals surface area contributed by atoms with Crippen LogP contribution in [0, 0.1) is 0 Å². The molecule has 20 heavy (non-hydrogen) atoms. The van der Waals surface area contributed by atoms with Gasteiger partial charge in [-0.15, -0.1) is 0 Å². The van der Waals surface area contributed by atoms with Crippen molar-refractivity contribution < 1.29 is 0 Å². The van der Waals surface area contributed by atoms with E-state index in [1.165, 1.54) is 32.1 Å². The van der Waals surface area contributed by atoms with E-state index in [0.29, 0.717) is 12.0 Å². The van der Waals surface area contributed by atoms with E-state index in [4.69, 9.17) is 4.98 Å². The van der Waals surface area contributed by atoms with Gasteiger partial charge in [0.2, 0.25) is 0 Å². The fourth-order valence-electron chi connectivity index (χ4n) is 2.90. The molecule has 2 fully saturated rings. The Kier molecular flexibility index (Phi) is 4.34. The van der Waals surface area contributed by atoms with Gasteiger partial charge in [0.15, 0.2) is 0 Å². The maximum atomic E-state index is 4.74. The van der Waals surface area contributed by atoms with Crippen LogP contribution in [0.1, 0.15) is 50.8 Å². The molecule has 0 bridgehead atoms. The third-order valence-electron chi connectivity index (χ3n) is 4.13. The molecule has 0 aromatic carbocycles. The minimum absolute atomic E-state index is 0.557. The second kappa shape index (κ2) is 6.20. The van der Waals surface area contributed by atoms with Crippen LogP contribution in [-0.4, -0.2) is 34.1 Å². The second-order valence-electron chi connectivity index (χ2n) is 5.76. The molecule has 1 aromatic heterocycles. The van der Waals surface area contributed by atoms with E-state index >= 15 is 0 Å². The molecule has 0 aliphatic heterocycles. The molecule has 4 nitrogen and oxygen atoms in total. The van der Waals surface area contributed by atoms with Crippen molar-refractivity contribution in [3.63, 3.8) is 0 Å². The van der Waals surface area contributed by atoms with Gasteiger partial charge in [0.25, 0.3) is 0 Å². The molecule has 2 aliphatic carbocycles. The van der Waals surface area contributed by atoms with Crippen molar-refractivity contribution >= 4 is 23.4 Å². The third kappa shape index (κ3) is 3.19. The van der Waals surface area contributed by atoms with E-state index in [0.717, 1.165) is 29.3 Å². The largest absolute Gasteiger partial charge is 0.370 e. The van der Waals surface area contributed by atoms with Crippen LogP contribution in [-0.2, 0) is 0 Å². The normalized spacial score (nSPS) is 25.7. The first kappa shape index (κ1) is 14.0. The van der Waals surface area contributed by atoms with Crippen LogP contribution >= 0.6 is 11.8 Å². The zero-order chi connectivity index (χ0) is 13.9. The molecule has 1 heterocycles. The van der Waals surface area contributed by atoms with Crippen molar-refractivity contribution in [3.8, 4) is 0 Å². The average molecular weight is 292 g/mol. The Morgan fingerprint density at radius 1 is 1.20 bits per heavy atom. The highest BCUT2D eigenvalue weighted by Gasteiger charge is 2.29. The Labute approximate surface area is 125 Å². The van der Waals surface area contributed by atoms with Crippen molar-refractivity contribution in [2.24, 2.45) is 0 Å². The van der Waals surface area contributed by atoms with Crippen LogP contribution in [0.3, 0.4) is 0 Å². The quantitative estimate of drug-likeness (QED) is 0.840. The number of hydrogen-bond donors (Lipinski definition) is 2. The number of hydrogen-bond acceptors (Lipinski definition) is 5. The Bertz CT molecular complexity index is 461. The first-order valence-electron chi connectivity index (χ1n) is 7.72. The summed E-state index contributed by atoms with van der Waals surface area (Å²) >= 11 is 1.98. The van der Waals surface area contributed by atoms with Gasteiger partial charge in [-0.3, -0.25) is 0 Å². The third-order valence-corrected chi connectivity index (χ3v) is 5.30. The van der Waals surface area contributed by atoms with E-state index in [9.17, 15) is 0 Å². The Balaban J connectivity index is 1.77. The van der Waals surface area contributed by atoms with Crippen molar-refractivity contribution in [3.05, 3.63) is 11.9 Å². The first-order valence-corrected chi connectivity index (χ1v) is 9.01. The summed E-state index contributed by atoms with van der Waals surface area (Å²) in [6.45, 7) is 3.00. The number of nitrogens with one attached hydrogen (secondary N) is 2. The summed E-state index contributed by atoms with van der Waals surface area (Å²) in [5.41, 5.74) is 0. The van der Waals surface area contributed by atoms with Gasteiger partial charge in [-0.25, -0.2) is 9.97 Å². The summed E-state index contributed by atoms with van der Waals surface area (Å²) < 4.78 is 0. The summed E-state index contributed by atoms with van der Waals surface area (Å²) in [6, 6.07) is 2.62. The van der Waals surface area contributed by atoms with E-state index in [1.807, 2.05) is 11.8 Å². The van der Waals surface area contributed by atoms with E-state index in [2.05, 4.69) is 34.9 Å². The highest BCUT2D eigenvalue weighted by atomic mass is 32.2. The fourth-order valence-corrected chi connectivity index (χ4v) is 3.83. The van der Waals surface area contributed by atoms with Crippen molar-refractivity contribution in [1.29, 1.82) is 0 Å². The average Bonchev–Trinajstić information content (AvgIpc) is 3.20. The Morgan fingerprint density at radius 3 is 2.70 bits per heavy atom. The highest BCUT2D eigenvalue weighted by molar-refractivity contribution is 7.99. The number of anilines is 2. The van der Waals surface area contributed by atoms with Crippen LogP contribution in [0.4, 0.5) is 11.6 Å². The highest BCUT2D eigenvalue weighted by Crippen LogP contribution is 2.39. The van der Waals surface area contributed by atoms with Gasteiger partial charge in [0.05, 0.1) is 0 Å². The lowest BCUT2D eigenvalue weighted by Crippen LogP contribution is -2.26. The van der Waals surface area contributed by atoms with Gasteiger partial charge < -0.3 is 10.6 Å². The molecule has 2 saturated carbocycles. The van der Waals surface area contributed by atoms with E-state index in [-0.39, 0.29) is 0 Å². The second-order valence-corrected chi connectivity index (χ2v) is 6.83. The monoisotopic (exact) mass is 292 g/mol. The predicted molar refractivity (Wildman–Crippen MR) is 86.7 cm³/mol. The van der Waals surface area contributed by atoms with Gasteiger partial charge >= 0.3 is 0 Å². The van der Waals surface area contributed by atoms with E-state index in [1.54, 1.807) is 0 Å². The maximum absolute atomic E-state index is 4.74. The van der Waals surface area contributed by atoms with Crippen LogP contribution in [0.25, 0.3) is 0 Å². The Morgan fingerprint density at radius 2 is 2.00 bits per heavy atom. The zero-order valence-electron chi connectivity index (χ0n) is 12.4. The zero-order valence-corrected chi connectivity index (χ0v) is 13.2. The molecule has 2 N–H and O–H groups in total. The van der Waals surface area contributed by atoms with Crippen LogP contribution in [0.5, 0.6) is 0 Å². The molecule has 0 radical (unpaired) electrons. The molecule has 0 spiro atoms. The molecule has 2 aliphatic rings. The minimum Gasteiger partial charge on any atom is -0.370 e. The lowest BCUT2D eigenvalue weighted by atomic mass is 10.2. The number of nitrogens with zero attached hydrogens (tertiary/aromatic N) is 2. The Hall–Kier alpha value is -0.970. The molecule has 5 heteroatoms. The summed E-state index contributed by atoms with van der Waals surface area (Å²) in [5, 5.41) is 7.70. The molecule has 3 rings (SSSR count). The molecular formula is C15H24N4S. The van der Waals surface area contributed by atoms with Gasteiger partial charge in [-0.2, -0.15) is 11.8 Å². The van der Waals surface area contributed by atoms with Gasteiger partial charge in [0, 0.05) is 29.8 Å². The van der Waals surface area contributed by atoms with Gasteiger partial charge in [-0.05, 0) is 38.9 Å². The lowest BCUT2D eigenvalue weighted by Gasteiger charge is -2.20. The maximum Gasteiger partial charge on any atom is 0.136 e. The molecule has 0 saturated heterocycles. The van der Waals surface area contributed by atoms with Crippen LogP contribution in [0.15, 0.2) is 6.07 Å².